The summed E-state index contributed by atoms with van der Waals surface area (Å²) >= 11 is 0. The second kappa shape index (κ2) is 7.90. The van der Waals surface area contributed by atoms with Crippen molar-refractivity contribution >= 4 is 16.7 Å². The molecule has 9 heteroatoms. The van der Waals surface area contributed by atoms with E-state index in [1.165, 1.54) is 12.1 Å². The number of alkyl halides is 3. The van der Waals surface area contributed by atoms with Gasteiger partial charge in [-0.2, -0.15) is 18.2 Å². The summed E-state index contributed by atoms with van der Waals surface area (Å²) in [7, 11) is 0. The summed E-state index contributed by atoms with van der Waals surface area (Å²) in [6.07, 6.45) is -4.40. The summed E-state index contributed by atoms with van der Waals surface area (Å²) in [6, 6.07) is 12.6. The van der Waals surface area contributed by atoms with Gasteiger partial charge in [0.25, 0.3) is 5.89 Å². The van der Waals surface area contributed by atoms with E-state index in [2.05, 4.69) is 15.0 Å². The maximum absolute atomic E-state index is 12.9. The fourth-order valence-corrected chi connectivity index (χ4v) is 3.72. The zero-order valence-corrected chi connectivity index (χ0v) is 17.2. The van der Waals surface area contributed by atoms with Crippen LogP contribution in [0.4, 0.5) is 19.0 Å². The molecule has 6 nitrogen and oxygen atoms in total. The van der Waals surface area contributed by atoms with Gasteiger partial charge in [-0.3, -0.25) is 0 Å². The standard InChI is InChI=1S/C23H19F3N4O2/c1-14-2-7-19-16(12-14)13-18(21(27-19)30-8-10-31-11-9-30)20-28-22(32-29-20)15-3-5-17(6-4-15)23(24,25)26/h2-7,12-13H,8-11H2,1H3. The Morgan fingerprint density at radius 3 is 2.41 bits per heavy atom. The van der Waals surface area contributed by atoms with Gasteiger partial charge in [-0.05, 0) is 49.4 Å². The first-order chi connectivity index (χ1) is 15.4. The van der Waals surface area contributed by atoms with Crippen molar-refractivity contribution in [2.45, 2.75) is 13.1 Å². The van der Waals surface area contributed by atoms with Gasteiger partial charge in [0.2, 0.25) is 5.82 Å². The highest BCUT2D eigenvalue weighted by Crippen LogP contribution is 2.34. The van der Waals surface area contributed by atoms with Crippen LogP contribution in [-0.2, 0) is 10.9 Å². The number of pyridine rings is 1. The van der Waals surface area contributed by atoms with Crippen LogP contribution >= 0.6 is 0 Å². The molecule has 0 spiro atoms. The fraction of sp³-hybridized carbons (Fsp3) is 0.261. The van der Waals surface area contributed by atoms with Gasteiger partial charge in [0.15, 0.2) is 0 Å². The average molecular weight is 440 g/mol. The molecule has 0 saturated carbocycles. The molecule has 4 aromatic rings. The first-order valence-electron chi connectivity index (χ1n) is 10.1. The lowest BCUT2D eigenvalue weighted by molar-refractivity contribution is -0.137. The summed E-state index contributed by atoms with van der Waals surface area (Å²) in [6.45, 7) is 4.56. The van der Waals surface area contributed by atoms with E-state index in [-0.39, 0.29) is 5.89 Å². The van der Waals surface area contributed by atoms with E-state index in [9.17, 15) is 13.2 Å². The third-order valence-electron chi connectivity index (χ3n) is 5.39. The number of halogens is 3. The Hall–Kier alpha value is -3.46. The van der Waals surface area contributed by atoms with Crippen molar-refractivity contribution in [3.63, 3.8) is 0 Å². The molecule has 0 aliphatic carbocycles. The zero-order valence-electron chi connectivity index (χ0n) is 17.2. The van der Waals surface area contributed by atoms with Gasteiger partial charge in [0.1, 0.15) is 5.82 Å². The minimum Gasteiger partial charge on any atom is -0.378 e. The first-order valence-corrected chi connectivity index (χ1v) is 10.1. The van der Waals surface area contributed by atoms with E-state index < -0.39 is 11.7 Å². The molecule has 1 saturated heterocycles. The maximum Gasteiger partial charge on any atom is 0.416 e. The van der Waals surface area contributed by atoms with Crippen LogP contribution in [0.15, 0.2) is 53.1 Å². The van der Waals surface area contributed by atoms with Crippen molar-refractivity contribution in [1.29, 1.82) is 0 Å². The minimum absolute atomic E-state index is 0.144. The third kappa shape index (κ3) is 3.91. The van der Waals surface area contributed by atoms with E-state index in [4.69, 9.17) is 14.2 Å². The number of aromatic nitrogens is 3. The summed E-state index contributed by atoms with van der Waals surface area (Å²) in [5.74, 6) is 1.20. The number of rotatable bonds is 3. The van der Waals surface area contributed by atoms with Gasteiger partial charge in [-0.15, -0.1) is 0 Å². The normalized spacial score (nSPS) is 14.8. The number of nitrogens with zero attached hydrogens (tertiary/aromatic N) is 4. The Labute approximate surface area is 181 Å². The monoisotopic (exact) mass is 440 g/mol. The van der Waals surface area contributed by atoms with E-state index in [0.717, 1.165) is 34.4 Å². The molecule has 0 radical (unpaired) electrons. The average Bonchev–Trinajstić information content (AvgIpc) is 3.28. The van der Waals surface area contributed by atoms with Gasteiger partial charge in [0.05, 0.1) is 29.9 Å². The Kier molecular flexibility index (Phi) is 5.05. The molecule has 1 aliphatic heterocycles. The molecule has 0 amide bonds. The fourth-order valence-electron chi connectivity index (χ4n) is 3.72. The van der Waals surface area contributed by atoms with Crippen LogP contribution in [0.25, 0.3) is 33.7 Å². The number of aryl methyl sites for hydroxylation is 1. The summed E-state index contributed by atoms with van der Waals surface area (Å²) in [5.41, 5.74) is 2.33. The Bertz CT molecular complexity index is 1260. The zero-order chi connectivity index (χ0) is 22.3. The van der Waals surface area contributed by atoms with Crippen LogP contribution in [0.5, 0.6) is 0 Å². The molecule has 2 aromatic carbocycles. The quantitative estimate of drug-likeness (QED) is 0.441. The van der Waals surface area contributed by atoms with Crippen LogP contribution < -0.4 is 4.90 Å². The van der Waals surface area contributed by atoms with Gasteiger partial charge < -0.3 is 14.2 Å². The highest BCUT2D eigenvalue weighted by atomic mass is 19.4. The van der Waals surface area contributed by atoms with Crippen molar-refractivity contribution in [2.75, 3.05) is 31.2 Å². The van der Waals surface area contributed by atoms with Crippen molar-refractivity contribution in [3.05, 3.63) is 59.7 Å². The van der Waals surface area contributed by atoms with Crippen molar-refractivity contribution < 1.29 is 22.4 Å². The lowest BCUT2D eigenvalue weighted by Gasteiger charge is -2.29. The van der Waals surface area contributed by atoms with Crippen LogP contribution in [0.2, 0.25) is 0 Å². The molecule has 0 atom stereocenters. The molecular formula is C23H19F3N4O2. The molecule has 32 heavy (non-hydrogen) atoms. The summed E-state index contributed by atoms with van der Waals surface area (Å²) < 4.78 is 49.4. The molecule has 0 N–H and O–H groups in total. The van der Waals surface area contributed by atoms with E-state index in [1.807, 2.05) is 31.2 Å². The number of fused-ring (bicyclic) bond motifs is 1. The highest BCUT2D eigenvalue weighted by molar-refractivity contribution is 5.88. The molecular weight excluding hydrogens is 421 g/mol. The number of morpholine rings is 1. The molecule has 164 valence electrons. The smallest absolute Gasteiger partial charge is 0.378 e. The second-order valence-corrected chi connectivity index (χ2v) is 7.65. The number of hydrogen-bond acceptors (Lipinski definition) is 6. The van der Waals surface area contributed by atoms with Crippen LogP contribution in [0, 0.1) is 6.92 Å². The van der Waals surface area contributed by atoms with E-state index >= 15 is 0 Å². The second-order valence-electron chi connectivity index (χ2n) is 7.65. The van der Waals surface area contributed by atoms with Gasteiger partial charge >= 0.3 is 6.18 Å². The van der Waals surface area contributed by atoms with Crippen molar-refractivity contribution in [2.24, 2.45) is 0 Å². The lowest BCUT2D eigenvalue weighted by Crippen LogP contribution is -2.37. The predicted octanol–water partition coefficient (Wildman–Crippen LogP) is 5.12. The molecule has 0 bridgehead atoms. The number of ether oxygens (including phenoxy) is 1. The number of benzene rings is 2. The van der Waals surface area contributed by atoms with Crippen molar-refractivity contribution in [1.82, 2.24) is 15.1 Å². The predicted molar refractivity (Wildman–Crippen MR) is 113 cm³/mol. The van der Waals surface area contributed by atoms with Crippen molar-refractivity contribution in [3.8, 4) is 22.8 Å². The summed E-state index contributed by atoms with van der Waals surface area (Å²) in [5, 5.41) is 5.05. The van der Waals surface area contributed by atoms with Crippen LogP contribution in [-0.4, -0.2) is 41.4 Å². The lowest BCUT2D eigenvalue weighted by atomic mass is 10.1. The van der Waals surface area contributed by atoms with Gasteiger partial charge in [-0.25, -0.2) is 4.98 Å². The molecule has 3 heterocycles. The number of hydrogen-bond donors (Lipinski definition) is 0. The van der Waals surface area contributed by atoms with Crippen LogP contribution in [0.1, 0.15) is 11.1 Å². The molecule has 5 rings (SSSR count). The Morgan fingerprint density at radius 2 is 1.69 bits per heavy atom. The topological polar surface area (TPSA) is 64.3 Å². The molecule has 2 aromatic heterocycles. The minimum atomic E-state index is -4.40. The van der Waals surface area contributed by atoms with E-state index in [0.29, 0.717) is 43.3 Å². The SMILES string of the molecule is Cc1ccc2nc(N3CCOCC3)c(-c3noc(-c4ccc(C(F)(F)F)cc4)n3)cc2c1. The van der Waals surface area contributed by atoms with E-state index in [1.54, 1.807) is 0 Å². The Balaban J connectivity index is 1.57. The molecule has 1 fully saturated rings. The largest absolute Gasteiger partial charge is 0.416 e. The molecule has 1 aliphatic rings. The van der Waals surface area contributed by atoms with Gasteiger partial charge in [-0.1, -0.05) is 16.8 Å². The molecule has 0 unspecified atom stereocenters. The first kappa shape index (κ1) is 20.4. The summed E-state index contributed by atoms with van der Waals surface area (Å²) in [4.78, 5) is 11.4. The third-order valence-corrected chi connectivity index (χ3v) is 5.39. The van der Waals surface area contributed by atoms with Gasteiger partial charge in [0, 0.05) is 24.0 Å². The Morgan fingerprint density at radius 1 is 0.938 bits per heavy atom. The number of anilines is 1. The van der Waals surface area contributed by atoms with Crippen LogP contribution in [0.3, 0.4) is 0 Å². The maximum atomic E-state index is 12.9. The highest BCUT2D eigenvalue weighted by Gasteiger charge is 2.30.